The Morgan fingerprint density at radius 1 is 0.846 bits per heavy atom. The summed E-state index contributed by atoms with van der Waals surface area (Å²) in [7, 11) is 0. The zero-order chi connectivity index (χ0) is 17.8. The van der Waals surface area contributed by atoms with Crippen LogP contribution in [0.25, 0.3) is 6.08 Å². The van der Waals surface area contributed by atoms with E-state index in [1.54, 1.807) is 0 Å². The van der Waals surface area contributed by atoms with Gasteiger partial charge in [-0.2, -0.15) is 0 Å². The van der Waals surface area contributed by atoms with E-state index in [1.807, 2.05) is 5.57 Å². The fourth-order valence-corrected chi connectivity index (χ4v) is 8.13. The van der Waals surface area contributed by atoms with Crippen molar-refractivity contribution in [1.82, 2.24) is 0 Å². The van der Waals surface area contributed by atoms with Crippen LogP contribution >= 0.6 is 0 Å². The molecule has 0 bridgehead atoms. The van der Waals surface area contributed by atoms with E-state index < -0.39 is 0 Å². The maximum atomic E-state index is 2.70. The number of fused-ring (bicyclic) bond motifs is 5. The van der Waals surface area contributed by atoms with Crippen LogP contribution in [-0.4, -0.2) is 0 Å². The highest BCUT2D eigenvalue weighted by atomic mass is 14.6. The Balaban J connectivity index is 1.56. The molecule has 1 aromatic carbocycles. The number of hydrogen-bond donors (Lipinski definition) is 0. The lowest BCUT2D eigenvalue weighted by molar-refractivity contribution is -0.0794. The van der Waals surface area contributed by atoms with Crippen LogP contribution in [0.2, 0.25) is 0 Å². The number of rotatable bonds is 1. The Morgan fingerprint density at radius 2 is 1.69 bits per heavy atom. The van der Waals surface area contributed by atoms with Gasteiger partial charge in [-0.3, -0.25) is 0 Å². The molecular formula is C26H36. The highest BCUT2D eigenvalue weighted by molar-refractivity contribution is 5.54. The molecule has 4 aliphatic carbocycles. The van der Waals surface area contributed by atoms with Crippen LogP contribution in [0.1, 0.15) is 83.6 Å². The average Bonchev–Trinajstić information content (AvgIpc) is 3.04. The second-order valence-electron chi connectivity index (χ2n) is 10.6. The van der Waals surface area contributed by atoms with Crippen LogP contribution in [0.4, 0.5) is 0 Å². The molecule has 0 nitrogen and oxygen atoms in total. The van der Waals surface area contributed by atoms with E-state index in [-0.39, 0.29) is 0 Å². The summed E-state index contributed by atoms with van der Waals surface area (Å²) in [5.41, 5.74) is 4.48. The van der Waals surface area contributed by atoms with Gasteiger partial charge in [0.1, 0.15) is 0 Å². The van der Waals surface area contributed by atoms with Gasteiger partial charge in [0.15, 0.2) is 0 Å². The molecule has 26 heavy (non-hydrogen) atoms. The first-order valence-corrected chi connectivity index (χ1v) is 11.4. The molecule has 1 aromatic rings. The van der Waals surface area contributed by atoms with Crippen molar-refractivity contribution < 1.29 is 0 Å². The molecule has 0 N–H and O–H groups in total. The monoisotopic (exact) mass is 348 g/mol. The molecule has 140 valence electrons. The highest BCUT2D eigenvalue weighted by Gasteiger charge is 2.58. The van der Waals surface area contributed by atoms with E-state index in [0.29, 0.717) is 10.8 Å². The minimum atomic E-state index is 0.575. The second-order valence-corrected chi connectivity index (χ2v) is 10.6. The minimum Gasteiger partial charge on any atom is -0.0657 e. The zero-order valence-corrected chi connectivity index (χ0v) is 16.8. The second kappa shape index (κ2) is 6.25. The summed E-state index contributed by atoms with van der Waals surface area (Å²) in [6.07, 6.45) is 17.4. The van der Waals surface area contributed by atoms with E-state index in [2.05, 4.69) is 50.3 Å². The summed E-state index contributed by atoms with van der Waals surface area (Å²) in [5, 5.41) is 0. The lowest BCUT2D eigenvalue weighted by atomic mass is 9.44. The SMILES string of the molecule is C[C@@]12CCC[C@H]1[C@@H]1CC(=Cc3ccccc3)C3CCCC[C@]3(C)[C@@H]1CC2. The van der Waals surface area contributed by atoms with Gasteiger partial charge in [-0.15, -0.1) is 0 Å². The van der Waals surface area contributed by atoms with E-state index >= 15 is 0 Å². The fraction of sp³-hybridized carbons (Fsp3) is 0.692. The summed E-state index contributed by atoms with van der Waals surface area (Å²) in [6, 6.07) is 11.2. The summed E-state index contributed by atoms with van der Waals surface area (Å²) in [6.45, 7) is 5.33. The lowest BCUT2D eigenvalue weighted by Crippen LogP contribution is -2.52. The lowest BCUT2D eigenvalue weighted by Gasteiger charge is -2.60. The van der Waals surface area contributed by atoms with Gasteiger partial charge in [-0.1, -0.05) is 75.1 Å². The van der Waals surface area contributed by atoms with Gasteiger partial charge in [-0.25, -0.2) is 0 Å². The van der Waals surface area contributed by atoms with Crippen molar-refractivity contribution in [1.29, 1.82) is 0 Å². The van der Waals surface area contributed by atoms with Crippen LogP contribution in [0.3, 0.4) is 0 Å². The first-order chi connectivity index (χ1) is 12.6. The summed E-state index contributed by atoms with van der Waals surface area (Å²) in [5.74, 6) is 3.81. The van der Waals surface area contributed by atoms with Gasteiger partial charge in [0.2, 0.25) is 0 Å². The number of benzene rings is 1. The molecule has 5 rings (SSSR count). The maximum absolute atomic E-state index is 2.70. The number of hydrogen-bond acceptors (Lipinski definition) is 0. The summed E-state index contributed by atoms with van der Waals surface area (Å²) in [4.78, 5) is 0. The Kier molecular flexibility index (Phi) is 4.11. The molecule has 0 amide bonds. The van der Waals surface area contributed by atoms with Gasteiger partial charge in [-0.05, 0) is 85.0 Å². The topological polar surface area (TPSA) is 0 Å². The Labute approximate surface area is 160 Å². The van der Waals surface area contributed by atoms with Crippen molar-refractivity contribution >= 4 is 6.08 Å². The van der Waals surface area contributed by atoms with Crippen molar-refractivity contribution in [2.45, 2.75) is 78.1 Å². The average molecular weight is 349 g/mol. The molecule has 0 heteroatoms. The number of allylic oxidation sites excluding steroid dienone is 1. The Hall–Kier alpha value is -1.04. The summed E-state index contributed by atoms with van der Waals surface area (Å²) < 4.78 is 0. The molecule has 4 aliphatic rings. The maximum Gasteiger partial charge on any atom is -0.0143 e. The van der Waals surface area contributed by atoms with E-state index in [0.717, 1.165) is 23.7 Å². The predicted octanol–water partition coefficient (Wildman–Crippen LogP) is 7.50. The smallest absolute Gasteiger partial charge is 0.0143 e. The zero-order valence-electron chi connectivity index (χ0n) is 16.8. The highest BCUT2D eigenvalue weighted by Crippen LogP contribution is 2.67. The molecule has 0 spiro atoms. The first kappa shape index (κ1) is 17.1. The molecule has 0 aromatic heterocycles. The molecule has 0 radical (unpaired) electrons. The van der Waals surface area contributed by atoms with Crippen LogP contribution in [0.5, 0.6) is 0 Å². The van der Waals surface area contributed by atoms with Crippen LogP contribution in [-0.2, 0) is 0 Å². The molecular weight excluding hydrogens is 312 g/mol. The molecule has 4 fully saturated rings. The third kappa shape index (κ3) is 2.54. The van der Waals surface area contributed by atoms with E-state index in [1.165, 1.54) is 69.8 Å². The Morgan fingerprint density at radius 3 is 2.54 bits per heavy atom. The molecule has 6 atom stereocenters. The van der Waals surface area contributed by atoms with Crippen molar-refractivity contribution in [2.75, 3.05) is 0 Å². The first-order valence-electron chi connectivity index (χ1n) is 11.4. The van der Waals surface area contributed by atoms with Gasteiger partial charge in [0.25, 0.3) is 0 Å². The van der Waals surface area contributed by atoms with E-state index in [4.69, 9.17) is 0 Å². The van der Waals surface area contributed by atoms with Gasteiger partial charge >= 0.3 is 0 Å². The largest absolute Gasteiger partial charge is 0.0657 e. The van der Waals surface area contributed by atoms with E-state index in [9.17, 15) is 0 Å². The minimum absolute atomic E-state index is 0.575. The van der Waals surface area contributed by atoms with Crippen LogP contribution < -0.4 is 0 Å². The van der Waals surface area contributed by atoms with Crippen molar-refractivity contribution in [2.24, 2.45) is 34.5 Å². The van der Waals surface area contributed by atoms with Crippen LogP contribution in [0, 0.1) is 34.5 Å². The molecule has 0 heterocycles. The van der Waals surface area contributed by atoms with Gasteiger partial charge < -0.3 is 0 Å². The quantitative estimate of drug-likeness (QED) is 0.493. The van der Waals surface area contributed by atoms with Gasteiger partial charge in [0, 0.05) is 0 Å². The van der Waals surface area contributed by atoms with Gasteiger partial charge in [0.05, 0.1) is 0 Å². The molecule has 4 saturated carbocycles. The third-order valence-corrected chi connectivity index (χ3v) is 9.39. The fourth-order valence-electron chi connectivity index (χ4n) is 8.13. The Bertz CT molecular complexity index is 685. The molecule has 1 unspecified atom stereocenters. The molecule has 0 saturated heterocycles. The van der Waals surface area contributed by atoms with Crippen LogP contribution in [0.15, 0.2) is 35.9 Å². The standard InChI is InChI=1S/C26H36/c1-25-14-8-12-23(25)21-18-20(17-19-9-4-3-5-10-19)22-11-6-7-15-26(22,2)24(21)13-16-25/h3-5,9-10,17,21-24H,6-8,11-16,18H2,1-2H3/t21-,22?,23-,24+,25-,26-/m0/s1. The van der Waals surface area contributed by atoms with Crippen molar-refractivity contribution in [3.63, 3.8) is 0 Å². The van der Waals surface area contributed by atoms with Crippen molar-refractivity contribution in [3.8, 4) is 0 Å². The summed E-state index contributed by atoms with van der Waals surface area (Å²) >= 11 is 0. The van der Waals surface area contributed by atoms with Crippen molar-refractivity contribution in [3.05, 3.63) is 41.5 Å². The predicted molar refractivity (Wildman–Crippen MR) is 111 cm³/mol. The third-order valence-electron chi connectivity index (χ3n) is 9.39. The molecule has 0 aliphatic heterocycles. The normalized spacial score (nSPS) is 46.5.